The molecule has 0 aliphatic rings. The Hall–Kier alpha value is -1.50. The van der Waals surface area contributed by atoms with Gasteiger partial charge in [0.05, 0.1) is 0 Å². The second-order valence-electron chi connectivity index (χ2n) is 3.75. The summed E-state index contributed by atoms with van der Waals surface area (Å²) in [5.74, 6) is -0.297. The van der Waals surface area contributed by atoms with Crippen molar-refractivity contribution in [1.29, 1.82) is 0 Å². The summed E-state index contributed by atoms with van der Waals surface area (Å²) in [7, 11) is 0. The van der Waals surface area contributed by atoms with Crippen molar-refractivity contribution in [1.82, 2.24) is 19.6 Å². The molecule has 0 atom stereocenters. The molecular weight excluding hydrogens is 288 g/mol. The first-order valence-electron chi connectivity index (χ1n) is 5.09. The number of carboxylic acids is 1. The SMILES string of the molecule is Cc1nc2nc(Br)nn2c(C)c1CCC(=O)O. The maximum absolute atomic E-state index is 10.6. The maximum atomic E-state index is 10.6. The molecule has 0 fully saturated rings. The highest BCUT2D eigenvalue weighted by molar-refractivity contribution is 9.10. The van der Waals surface area contributed by atoms with Crippen molar-refractivity contribution in [2.75, 3.05) is 0 Å². The van der Waals surface area contributed by atoms with Crippen LogP contribution in [0.15, 0.2) is 4.73 Å². The number of halogens is 1. The zero-order valence-electron chi connectivity index (χ0n) is 9.44. The van der Waals surface area contributed by atoms with E-state index in [-0.39, 0.29) is 6.42 Å². The van der Waals surface area contributed by atoms with Crippen LogP contribution in [0.1, 0.15) is 23.4 Å². The second-order valence-corrected chi connectivity index (χ2v) is 4.46. The molecule has 2 rings (SSSR count). The van der Waals surface area contributed by atoms with E-state index in [4.69, 9.17) is 5.11 Å². The predicted molar refractivity (Wildman–Crippen MR) is 63.9 cm³/mol. The summed E-state index contributed by atoms with van der Waals surface area (Å²) >= 11 is 3.19. The van der Waals surface area contributed by atoms with Crippen molar-refractivity contribution in [3.8, 4) is 0 Å². The molecule has 0 radical (unpaired) electrons. The maximum Gasteiger partial charge on any atom is 0.303 e. The Morgan fingerprint density at radius 2 is 2.12 bits per heavy atom. The average molecular weight is 299 g/mol. The fourth-order valence-corrected chi connectivity index (χ4v) is 2.09. The summed E-state index contributed by atoms with van der Waals surface area (Å²) in [6.45, 7) is 3.74. The van der Waals surface area contributed by atoms with E-state index in [1.807, 2.05) is 13.8 Å². The molecule has 2 aromatic rings. The number of carboxylic acid groups (broad SMARTS) is 1. The molecule has 6 nitrogen and oxygen atoms in total. The Bertz CT molecular complexity index is 593. The van der Waals surface area contributed by atoms with E-state index in [9.17, 15) is 4.79 Å². The normalized spacial score (nSPS) is 11.0. The van der Waals surface area contributed by atoms with Gasteiger partial charge in [-0.3, -0.25) is 4.79 Å². The number of carbonyl (C=O) groups is 1. The minimum atomic E-state index is -0.816. The minimum Gasteiger partial charge on any atom is -0.481 e. The molecule has 0 unspecified atom stereocenters. The van der Waals surface area contributed by atoms with Crippen molar-refractivity contribution < 1.29 is 9.90 Å². The number of rotatable bonds is 3. The predicted octanol–water partition coefficient (Wildman–Crippen LogP) is 1.52. The lowest BCUT2D eigenvalue weighted by molar-refractivity contribution is -0.136. The van der Waals surface area contributed by atoms with Gasteiger partial charge in [-0.25, -0.2) is 9.50 Å². The van der Waals surface area contributed by atoms with Gasteiger partial charge in [-0.1, -0.05) is 0 Å². The Kier molecular flexibility index (Phi) is 3.10. The van der Waals surface area contributed by atoms with Gasteiger partial charge in [0.25, 0.3) is 5.78 Å². The van der Waals surface area contributed by atoms with Crippen LogP contribution in [0.3, 0.4) is 0 Å². The summed E-state index contributed by atoms with van der Waals surface area (Å²) < 4.78 is 2.09. The van der Waals surface area contributed by atoms with Crippen LogP contribution in [0, 0.1) is 13.8 Å². The summed E-state index contributed by atoms with van der Waals surface area (Å²) in [6.07, 6.45) is 0.540. The molecule has 2 aromatic heterocycles. The Balaban J connectivity index is 2.51. The second kappa shape index (κ2) is 4.40. The van der Waals surface area contributed by atoms with Crippen LogP contribution < -0.4 is 0 Å². The van der Waals surface area contributed by atoms with Crippen LogP contribution >= 0.6 is 15.9 Å². The van der Waals surface area contributed by atoms with Crippen LogP contribution in [-0.2, 0) is 11.2 Å². The van der Waals surface area contributed by atoms with Gasteiger partial charge in [-0.2, -0.15) is 4.98 Å². The third kappa shape index (κ3) is 2.28. The van der Waals surface area contributed by atoms with Gasteiger partial charge in [0, 0.05) is 17.8 Å². The summed E-state index contributed by atoms with van der Waals surface area (Å²) in [5, 5.41) is 12.9. The molecule has 0 saturated heterocycles. The number of fused-ring (bicyclic) bond motifs is 1. The van der Waals surface area contributed by atoms with Gasteiger partial charge in [0.2, 0.25) is 4.73 Å². The van der Waals surface area contributed by atoms with E-state index >= 15 is 0 Å². The van der Waals surface area contributed by atoms with Crippen LogP contribution in [0.2, 0.25) is 0 Å². The average Bonchev–Trinajstić information content (AvgIpc) is 2.58. The standard InChI is InChI=1S/C10H11BrN4O2/c1-5-7(3-4-8(16)17)6(2)15-10(12-5)13-9(11)14-15/h3-4H2,1-2H3,(H,16,17). The molecule has 0 amide bonds. The van der Waals surface area contributed by atoms with Crippen molar-refractivity contribution in [2.45, 2.75) is 26.7 Å². The lowest BCUT2D eigenvalue weighted by atomic mass is 10.1. The number of nitrogens with zero attached hydrogens (tertiary/aromatic N) is 4. The topological polar surface area (TPSA) is 80.4 Å². The molecule has 7 heteroatoms. The quantitative estimate of drug-likeness (QED) is 0.929. The van der Waals surface area contributed by atoms with E-state index in [2.05, 4.69) is 31.0 Å². The van der Waals surface area contributed by atoms with Gasteiger partial charge in [-0.05, 0) is 41.8 Å². The minimum absolute atomic E-state index is 0.0880. The highest BCUT2D eigenvalue weighted by atomic mass is 79.9. The van der Waals surface area contributed by atoms with Crippen molar-refractivity contribution in [3.63, 3.8) is 0 Å². The number of aliphatic carboxylic acids is 1. The number of aromatic nitrogens is 4. The monoisotopic (exact) mass is 298 g/mol. The van der Waals surface area contributed by atoms with Gasteiger partial charge >= 0.3 is 5.97 Å². The molecule has 90 valence electrons. The number of hydrogen-bond acceptors (Lipinski definition) is 4. The highest BCUT2D eigenvalue weighted by Gasteiger charge is 2.13. The van der Waals surface area contributed by atoms with Gasteiger partial charge in [0.15, 0.2) is 0 Å². The molecule has 0 spiro atoms. The summed E-state index contributed by atoms with van der Waals surface area (Å²) in [5.41, 5.74) is 2.60. The third-order valence-corrected chi connectivity index (χ3v) is 2.95. The van der Waals surface area contributed by atoms with Crippen LogP contribution in [0.4, 0.5) is 0 Å². The first-order chi connectivity index (χ1) is 7.99. The van der Waals surface area contributed by atoms with E-state index in [0.29, 0.717) is 16.9 Å². The first-order valence-corrected chi connectivity index (χ1v) is 5.88. The number of aryl methyl sites for hydroxylation is 2. The molecule has 1 N–H and O–H groups in total. The Labute approximate surface area is 106 Å². The Morgan fingerprint density at radius 1 is 1.41 bits per heavy atom. The summed E-state index contributed by atoms with van der Waals surface area (Å²) in [4.78, 5) is 19.0. The lowest BCUT2D eigenvalue weighted by Crippen LogP contribution is -2.08. The van der Waals surface area contributed by atoms with Crippen molar-refractivity contribution >= 4 is 27.7 Å². The smallest absolute Gasteiger partial charge is 0.303 e. The largest absolute Gasteiger partial charge is 0.481 e. The van der Waals surface area contributed by atoms with E-state index in [1.54, 1.807) is 4.52 Å². The van der Waals surface area contributed by atoms with Crippen LogP contribution in [-0.4, -0.2) is 30.7 Å². The zero-order chi connectivity index (χ0) is 12.6. The van der Waals surface area contributed by atoms with Crippen molar-refractivity contribution in [3.05, 3.63) is 21.7 Å². The van der Waals surface area contributed by atoms with Gasteiger partial charge < -0.3 is 5.11 Å². The fourth-order valence-electron chi connectivity index (χ4n) is 1.78. The van der Waals surface area contributed by atoms with E-state index in [1.165, 1.54) is 0 Å². The van der Waals surface area contributed by atoms with E-state index in [0.717, 1.165) is 17.0 Å². The first kappa shape index (κ1) is 12.0. The van der Waals surface area contributed by atoms with Gasteiger partial charge in [0.1, 0.15) is 0 Å². The van der Waals surface area contributed by atoms with Crippen LogP contribution in [0.5, 0.6) is 0 Å². The third-order valence-electron chi connectivity index (χ3n) is 2.61. The summed E-state index contributed by atoms with van der Waals surface area (Å²) in [6, 6.07) is 0. The number of hydrogen-bond donors (Lipinski definition) is 1. The molecule has 2 heterocycles. The lowest BCUT2D eigenvalue weighted by Gasteiger charge is -2.08. The molecule has 0 bridgehead atoms. The van der Waals surface area contributed by atoms with Crippen LogP contribution in [0.25, 0.3) is 5.78 Å². The highest BCUT2D eigenvalue weighted by Crippen LogP contribution is 2.16. The molecule has 0 aliphatic carbocycles. The van der Waals surface area contributed by atoms with Crippen molar-refractivity contribution in [2.24, 2.45) is 0 Å². The molecular formula is C10H11BrN4O2. The molecule has 0 aliphatic heterocycles. The Morgan fingerprint density at radius 3 is 2.76 bits per heavy atom. The molecule has 0 saturated carbocycles. The van der Waals surface area contributed by atoms with Gasteiger partial charge in [-0.15, -0.1) is 5.10 Å². The van der Waals surface area contributed by atoms with E-state index < -0.39 is 5.97 Å². The molecule has 17 heavy (non-hydrogen) atoms. The zero-order valence-corrected chi connectivity index (χ0v) is 11.0. The fraction of sp³-hybridized carbons (Fsp3) is 0.400. The molecule has 0 aromatic carbocycles.